The Morgan fingerprint density at radius 1 is 0.295 bits per heavy atom. The number of phosphoric ester groups is 2. The number of aliphatic hydroxyl groups excluding tert-OH is 1. The Labute approximate surface area is 643 Å². The van der Waals surface area contributed by atoms with Gasteiger partial charge in [-0.3, -0.25) is 37.3 Å². The predicted octanol–water partition coefficient (Wildman–Crippen LogP) is 25.8. The third-order valence-corrected chi connectivity index (χ3v) is 21.5. The van der Waals surface area contributed by atoms with E-state index < -0.39 is 97.5 Å². The number of aliphatic hydroxyl groups is 1. The summed E-state index contributed by atoms with van der Waals surface area (Å²) in [5, 5.41) is 10.7. The Kier molecular flexibility index (Phi) is 75.1. The molecule has 0 aromatic carbocycles. The summed E-state index contributed by atoms with van der Waals surface area (Å²) in [5.74, 6) is -0.572. The largest absolute Gasteiger partial charge is 0.472 e. The molecule has 0 aliphatic carbocycles. The molecule has 0 aliphatic rings. The first-order valence-corrected chi connectivity index (χ1v) is 46.8. The highest BCUT2D eigenvalue weighted by Gasteiger charge is 2.30. The van der Waals surface area contributed by atoms with Gasteiger partial charge in [0, 0.05) is 25.7 Å². The van der Waals surface area contributed by atoms with Crippen LogP contribution >= 0.6 is 15.6 Å². The fourth-order valence-corrected chi connectivity index (χ4v) is 14.5. The number of esters is 4. The van der Waals surface area contributed by atoms with Gasteiger partial charge in [-0.25, -0.2) is 9.13 Å². The number of ether oxygens (including phenoxy) is 4. The molecule has 620 valence electrons. The first-order valence-electron chi connectivity index (χ1n) is 43.8. The number of carbonyl (C=O) groups is 4. The van der Waals surface area contributed by atoms with Gasteiger partial charge in [-0.15, -0.1) is 0 Å². The molecule has 0 aromatic heterocycles. The van der Waals surface area contributed by atoms with Gasteiger partial charge in [0.25, 0.3) is 0 Å². The maximum absolute atomic E-state index is 13.1. The van der Waals surface area contributed by atoms with Gasteiger partial charge in [0.05, 0.1) is 26.4 Å². The summed E-state index contributed by atoms with van der Waals surface area (Å²) in [7, 11) is -9.94. The minimum Gasteiger partial charge on any atom is -0.462 e. The van der Waals surface area contributed by atoms with E-state index in [0.717, 1.165) is 115 Å². The molecule has 0 saturated heterocycles. The molecule has 0 aliphatic heterocycles. The van der Waals surface area contributed by atoms with Crippen LogP contribution in [0.4, 0.5) is 0 Å². The van der Waals surface area contributed by atoms with E-state index in [1.165, 1.54) is 238 Å². The summed E-state index contributed by atoms with van der Waals surface area (Å²) in [6, 6.07) is 0. The minimum absolute atomic E-state index is 0.0850. The number of carbonyl (C=O) groups excluding carboxylic acids is 4. The molecule has 5 atom stereocenters. The average molecular weight is 1530 g/mol. The lowest BCUT2D eigenvalue weighted by Gasteiger charge is -2.21. The first kappa shape index (κ1) is 103. The second-order valence-electron chi connectivity index (χ2n) is 31.2. The lowest BCUT2D eigenvalue weighted by Crippen LogP contribution is -2.30. The molecule has 3 N–H and O–H groups in total. The van der Waals surface area contributed by atoms with Gasteiger partial charge in [-0.2, -0.15) is 0 Å². The zero-order chi connectivity index (χ0) is 77.1. The number of unbranched alkanes of at least 4 members (excludes halogenated alkanes) is 50. The summed E-state index contributed by atoms with van der Waals surface area (Å²) in [4.78, 5) is 73.2. The van der Waals surface area contributed by atoms with Crippen LogP contribution in [-0.2, 0) is 65.4 Å². The number of allylic oxidation sites excluding steroid dienone is 4. The Balaban J connectivity index is 5.28. The molecule has 0 amide bonds. The molecule has 0 heterocycles. The van der Waals surface area contributed by atoms with Crippen molar-refractivity contribution < 1.29 is 80.2 Å². The Hall–Kier alpha value is -2.46. The van der Waals surface area contributed by atoms with E-state index in [2.05, 4.69) is 65.8 Å². The van der Waals surface area contributed by atoms with E-state index in [1.54, 1.807) is 0 Å². The number of hydrogen-bond acceptors (Lipinski definition) is 15. The predicted molar refractivity (Wildman–Crippen MR) is 432 cm³/mol. The Morgan fingerprint density at radius 2 is 0.514 bits per heavy atom. The van der Waals surface area contributed by atoms with Crippen molar-refractivity contribution in [3.8, 4) is 0 Å². The molecule has 0 rings (SSSR count). The lowest BCUT2D eigenvalue weighted by molar-refractivity contribution is -0.161. The van der Waals surface area contributed by atoms with Crippen LogP contribution < -0.4 is 0 Å². The summed E-state index contributed by atoms with van der Waals surface area (Å²) >= 11 is 0. The zero-order valence-electron chi connectivity index (χ0n) is 68.5. The quantitative estimate of drug-likeness (QED) is 0.0169. The molecule has 19 heteroatoms. The summed E-state index contributed by atoms with van der Waals surface area (Å²) in [6.07, 6.45) is 71.6. The molecule has 0 radical (unpaired) electrons. The molecule has 0 saturated carbocycles. The van der Waals surface area contributed by atoms with Gasteiger partial charge in [-0.05, 0) is 63.2 Å². The minimum atomic E-state index is -4.97. The molecular weight excluding hydrogens is 1370 g/mol. The zero-order valence-corrected chi connectivity index (χ0v) is 70.3. The van der Waals surface area contributed by atoms with Crippen LogP contribution in [-0.4, -0.2) is 96.7 Å². The van der Waals surface area contributed by atoms with Crippen molar-refractivity contribution in [2.45, 2.75) is 452 Å². The SMILES string of the molecule is CCCCCC/C=C\C=C/CCCCCCCC(=O)O[C@H](COC(=O)CCCCCCCCCCCC(C)C)COP(=O)(O)OC[C@H](O)COP(=O)(O)OC[C@@H](COC(=O)CCCCCCCCCCCCCCCCCCC)OC(=O)CCCCCCCCCCCCCCCCCCCCC(C)C. The second kappa shape index (κ2) is 76.9. The molecule has 0 bridgehead atoms. The standard InChI is InChI=1S/C86H164O17P2/c1-7-9-11-13-15-17-19-21-23-26-31-34-38-44-50-56-62-68-83(88)96-74-81(102-86(91)71-65-59-53-46-40-36-32-28-25-24-27-30-33-37-42-48-54-60-66-78(3)4)76-100-104(92,93)98-72-80(87)73-99-105(94,95)101-77-82(75-97-84(89)69-63-57-51-47-41-43-49-55-61-67-79(5)6)103-85(90)70-64-58-52-45-39-35-29-22-20-18-16-14-12-10-8-2/h18,20,22,29,78-82,87H,7-17,19,21,23-28,30-77H2,1-6H3,(H,92,93)(H,94,95)/b20-18-,29-22-/t80-,81-,82-/m1/s1. The average Bonchev–Trinajstić information content (AvgIpc) is 0.909. The third-order valence-electron chi connectivity index (χ3n) is 19.6. The molecule has 0 spiro atoms. The van der Waals surface area contributed by atoms with Gasteiger partial charge in [0.1, 0.15) is 19.3 Å². The Bertz CT molecular complexity index is 2110. The van der Waals surface area contributed by atoms with E-state index in [0.29, 0.717) is 25.7 Å². The van der Waals surface area contributed by atoms with Crippen LogP contribution in [0.25, 0.3) is 0 Å². The number of hydrogen-bond donors (Lipinski definition) is 3. The first-order chi connectivity index (χ1) is 50.9. The van der Waals surface area contributed by atoms with E-state index in [9.17, 15) is 43.2 Å². The van der Waals surface area contributed by atoms with E-state index in [-0.39, 0.29) is 25.7 Å². The van der Waals surface area contributed by atoms with Gasteiger partial charge in [0.15, 0.2) is 12.2 Å². The monoisotopic (exact) mass is 1530 g/mol. The third kappa shape index (κ3) is 79.4. The van der Waals surface area contributed by atoms with Crippen LogP contribution in [0.5, 0.6) is 0 Å². The van der Waals surface area contributed by atoms with Crippen molar-refractivity contribution in [1.82, 2.24) is 0 Å². The second-order valence-corrected chi connectivity index (χ2v) is 34.1. The van der Waals surface area contributed by atoms with E-state index in [4.69, 9.17) is 37.0 Å². The molecule has 0 fully saturated rings. The van der Waals surface area contributed by atoms with Crippen LogP contribution in [0.1, 0.15) is 433 Å². The highest BCUT2D eigenvalue weighted by molar-refractivity contribution is 7.47. The normalized spacial score (nSPS) is 14.0. The topological polar surface area (TPSA) is 237 Å². The molecule has 0 aromatic rings. The Morgan fingerprint density at radius 3 is 0.781 bits per heavy atom. The van der Waals surface area contributed by atoms with Crippen molar-refractivity contribution in [3.05, 3.63) is 24.3 Å². The van der Waals surface area contributed by atoms with Crippen LogP contribution in [0.3, 0.4) is 0 Å². The molecule has 17 nitrogen and oxygen atoms in total. The summed E-state index contributed by atoms with van der Waals surface area (Å²) in [6.45, 7) is 9.62. The summed E-state index contributed by atoms with van der Waals surface area (Å²) in [5.41, 5.74) is 0. The fraction of sp³-hybridized carbons (Fsp3) is 0.907. The van der Waals surface area contributed by atoms with Gasteiger partial charge in [-0.1, -0.05) is 380 Å². The fourth-order valence-electron chi connectivity index (χ4n) is 12.9. The number of rotatable bonds is 83. The van der Waals surface area contributed by atoms with Gasteiger partial charge in [0.2, 0.25) is 0 Å². The maximum Gasteiger partial charge on any atom is 0.472 e. The molecule has 2 unspecified atom stereocenters. The van der Waals surface area contributed by atoms with Gasteiger partial charge >= 0.3 is 39.5 Å². The van der Waals surface area contributed by atoms with Crippen LogP contribution in [0.15, 0.2) is 24.3 Å². The highest BCUT2D eigenvalue weighted by Crippen LogP contribution is 2.45. The molecule has 105 heavy (non-hydrogen) atoms. The van der Waals surface area contributed by atoms with Crippen molar-refractivity contribution in [2.75, 3.05) is 39.6 Å². The highest BCUT2D eigenvalue weighted by atomic mass is 31.2. The summed E-state index contributed by atoms with van der Waals surface area (Å²) < 4.78 is 68.8. The smallest absolute Gasteiger partial charge is 0.462 e. The molecular formula is C86H164O17P2. The maximum atomic E-state index is 13.1. The van der Waals surface area contributed by atoms with Crippen molar-refractivity contribution >= 4 is 39.5 Å². The lowest BCUT2D eigenvalue weighted by atomic mass is 10.0. The van der Waals surface area contributed by atoms with Gasteiger partial charge < -0.3 is 33.8 Å². The number of phosphoric acid groups is 2. The van der Waals surface area contributed by atoms with E-state index in [1.807, 2.05) is 0 Å². The van der Waals surface area contributed by atoms with Crippen LogP contribution in [0, 0.1) is 11.8 Å². The van der Waals surface area contributed by atoms with Crippen molar-refractivity contribution in [3.63, 3.8) is 0 Å². The van der Waals surface area contributed by atoms with E-state index >= 15 is 0 Å². The van der Waals surface area contributed by atoms with Crippen molar-refractivity contribution in [2.24, 2.45) is 11.8 Å². The van der Waals surface area contributed by atoms with Crippen LogP contribution in [0.2, 0.25) is 0 Å². The van der Waals surface area contributed by atoms with Crippen molar-refractivity contribution in [1.29, 1.82) is 0 Å².